The molecule has 0 aromatic carbocycles. The maximum absolute atomic E-state index is 9.14. The van der Waals surface area contributed by atoms with Crippen molar-refractivity contribution in [3.05, 3.63) is 0 Å². The molecule has 0 aromatic heterocycles. The summed E-state index contributed by atoms with van der Waals surface area (Å²) in [5, 5.41) is 12.7. The van der Waals surface area contributed by atoms with Crippen LogP contribution in [0.4, 0.5) is 0 Å². The molecule has 3 nitrogen and oxygen atoms in total. The predicted molar refractivity (Wildman–Crippen MR) is 62.6 cm³/mol. The van der Waals surface area contributed by atoms with Gasteiger partial charge in [-0.1, -0.05) is 20.8 Å². The van der Waals surface area contributed by atoms with E-state index in [1.54, 1.807) is 0 Å². The first-order valence-corrected chi connectivity index (χ1v) is 6.15. The second-order valence-electron chi connectivity index (χ2n) is 4.33. The zero-order valence-electron chi connectivity index (χ0n) is 10.2. The molecule has 3 atom stereocenters. The molecule has 0 radical (unpaired) electrons. The molecule has 0 amide bonds. The molecule has 1 fully saturated rings. The summed E-state index contributed by atoms with van der Waals surface area (Å²) < 4.78 is 0. The van der Waals surface area contributed by atoms with E-state index in [2.05, 4.69) is 37.1 Å². The molecule has 1 saturated heterocycles. The van der Waals surface area contributed by atoms with Crippen molar-refractivity contribution in [2.24, 2.45) is 0 Å². The Bertz CT molecular complexity index is 221. The minimum atomic E-state index is 0.103. The van der Waals surface area contributed by atoms with Gasteiger partial charge in [0.05, 0.1) is 12.1 Å². The highest BCUT2D eigenvalue weighted by Crippen LogP contribution is 2.16. The molecule has 0 spiro atoms. The van der Waals surface area contributed by atoms with Gasteiger partial charge < -0.3 is 5.32 Å². The minimum absolute atomic E-state index is 0.103. The fraction of sp³-hybridized carbons (Fsp3) is 0.917. The van der Waals surface area contributed by atoms with Crippen LogP contribution in [0, 0.1) is 11.3 Å². The van der Waals surface area contributed by atoms with E-state index in [9.17, 15) is 0 Å². The van der Waals surface area contributed by atoms with Gasteiger partial charge in [-0.25, -0.2) is 0 Å². The second-order valence-corrected chi connectivity index (χ2v) is 4.33. The smallest absolute Gasteiger partial charge is 0.0978 e. The van der Waals surface area contributed by atoms with Crippen LogP contribution >= 0.6 is 0 Å². The second kappa shape index (κ2) is 6.09. The van der Waals surface area contributed by atoms with Gasteiger partial charge in [0.2, 0.25) is 0 Å². The van der Waals surface area contributed by atoms with Crippen molar-refractivity contribution in [1.29, 1.82) is 5.26 Å². The maximum atomic E-state index is 9.14. The van der Waals surface area contributed by atoms with E-state index in [4.69, 9.17) is 5.26 Å². The number of piperazine rings is 1. The van der Waals surface area contributed by atoms with Gasteiger partial charge in [0.1, 0.15) is 0 Å². The first kappa shape index (κ1) is 12.5. The number of hydrogen-bond donors (Lipinski definition) is 1. The molecule has 15 heavy (non-hydrogen) atoms. The van der Waals surface area contributed by atoms with Crippen molar-refractivity contribution >= 4 is 0 Å². The number of nitriles is 1. The highest BCUT2D eigenvalue weighted by molar-refractivity contribution is 4.97. The Morgan fingerprint density at radius 3 is 2.60 bits per heavy atom. The van der Waals surface area contributed by atoms with Crippen LogP contribution in [0.3, 0.4) is 0 Å². The molecule has 3 heteroatoms. The summed E-state index contributed by atoms with van der Waals surface area (Å²) in [6.07, 6.45) is 3.21. The minimum Gasteiger partial charge on any atom is -0.311 e. The van der Waals surface area contributed by atoms with Crippen LogP contribution in [-0.2, 0) is 0 Å². The largest absolute Gasteiger partial charge is 0.311 e. The van der Waals surface area contributed by atoms with E-state index < -0.39 is 0 Å². The van der Waals surface area contributed by atoms with E-state index in [0.29, 0.717) is 12.1 Å². The van der Waals surface area contributed by atoms with E-state index >= 15 is 0 Å². The van der Waals surface area contributed by atoms with Gasteiger partial charge in [0.15, 0.2) is 0 Å². The lowest BCUT2D eigenvalue weighted by Crippen LogP contribution is -2.58. The Morgan fingerprint density at radius 1 is 1.40 bits per heavy atom. The summed E-state index contributed by atoms with van der Waals surface area (Å²) in [5.41, 5.74) is 0. The molecule has 86 valence electrons. The van der Waals surface area contributed by atoms with Gasteiger partial charge in [-0.05, 0) is 19.3 Å². The lowest BCUT2D eigenvalue weighted by Gasteiger charge is -2.42. The Balaban J connectivity index is 2.66. The van der Waals surface area contributed by atoms with Gasteiger partial charge in [0, 0.05) is 25.2 Å². The molecule has 0 saturated carbocycles. The predicted octanol–water partition coefficient (Wildman–Crippen LogP) is 1.75. The normalized spacial score (nSPS) is 29.7. The highest BCUT2D eigenvalue weighted by Gasteiger charge is 2.30. The number of rotatable bonds is 4. The molecule has 0 aliphatic carbocycles. The Hall–Kier alpha value is -0.590. The lowest BCUT2D eigenvalue weighted by atomic mass is 10.0. The van der Waals surface area contributed by atoms with Gasteiger partial charge in [-0.2, -0.15) is 5.26 Å². The SMILES string of the molecule is CCC1CN(C(C#N)CC)C(CC)CN1. The topological polar surface area (TPSA) is 39.1 Å². The highest BCUT2D eigenvalue weighted by atomic mass is 15.3. The summed E-state index contributed by atoms with van der Waals surface area (Å²) in [6, 6.07) is 3.64. The standard InChI is InChI=1S/C12H23N3/c1-4-10-9-15(11(5-2)7-13)12(6-3)8-14-10/h10-12,14H,4-6,8-9H2,1-3H3. The average molecular weight is 209 g/mol. The lowest BCUT2D eigenvalue weighted by molar-refractivity contribution is 0.0982. The fourth-order valence-electron chi connectivity index (χ4n) is 2.32. The van der Waals surface area contributed by atoms with Crippen LogP contribution in [0.2, 0.25) is 0 Å². The summed E-state index contributed by atoms with van der Waals surface area (Å²) in [7, 11) is 0. The van der Waals surface area contributed by atoms with Crippen LogP contribution < -0.4 is 5.32 Å². The molecule has 0 bridgehead atoms. The zero-order valence-corrected chi connectivity index (χ0v) is 10.2. The molecule has 3 unspecified atom stereocenters. The molecule has 1 aliphatic heterocycles. The van der Waals surface area contributed by atoms with E-state index in [1.165, 1.54) is 0 Å². The quantitative estimate of drug-likeness (QED) is 0.766. The van der Waals surface area contributed by atoms with Crippen LogP contribution in [0.25, 0.3) is 0 Å². The third kappa shape index (κ3) is 2.93. The van der Waals surface area contributed by atoms with Crippen LogP contribution in [0.15, 0.2) is 0 Å². The summed E-state index contributed by atoms with van der Waals surface area (Å²) in [6.45, 7) is 8.57. The number of nitrogens with one attached hydrogen (secondary N) is 1. The third-order valence-electron chi connectivity index (χ3n) is 3.44. The molecule has 1 N–H and O–H groups in total. The zero-order chi connectivity index (χ0) is 11.3. The van der Waals surface area contributed by atoms with Crippen molar-refractivity contribution in [3.63, 3.8) is 0 Å². The molecule has 1 rings (SSSR count). The van der Waals surface area contributed by atoms with Crippen molar-refractivity contribution in [2.75, 3.05) is 13.1 Å². The summed E-state index contributed by atoms with van der Waals surface area (Å²) in [4.78, 5) is 2.39. The van der Waals surface area contributed by atoms with Crippen molar-refractivity contribution in [3.8, 4) is 6.07 Å². The van der Waals surface area contributed by atoms with Crippen LogP contribution in [0.1, 0.15) is 40.0 Å². The van der Waals surface area contributed by atoms with E-state index in [-0.39, 0.29) is 6.04 Å². The van der Waals surface area contributed by atoms with Gasteiger partial charge in [-0.3, -0.25) is 4.90 Å². The van der Waals surface area contributed by atoms with Crippen molar-refractivity contribution < 1.29 is 0 Å². The van der Waals surface area contributed by atoms with Crippen LogP contribution in [0.5, 0.6) is 0 Å². The number of hydrogen-bond acceptors (Lipinski definition) is 3. The molecular formula is C12H23N3. The summed E-state index contributed by atoms with van der Waals surface area (Å²) >= 11 is 0. The Morgan fingerprint density at radius 2 is 2.13 bits per heavy atom. The molecular weight excluding hydrogens is 186 g/mol. The average Bonchev–Trinajstić information content (AvgIpc) is 2.30. The maximum Gasteiger partial charge on any atom is 0.0978 e. The van der Waals surface area contributed by atoms with Gasteiger partial charge in [0.25, 0.3) is 0 Å². The fourth-order valence-corrected chi connectivity index (χ4v) is 2.32. The van der Waals surface area contributed by atoms with Crippen LogP contribution in [-0.4, -0.2) is 36.1 Å². The Kier molecular flexibility index (Phi) is 5.07. The van der Waals surface area contributed by atoms with E-state index in [1.807, 2.05) is 0 Å². The monoisotopic (exact) mass is 209 g/mol. The third-order valence-corrected chi connectivity index (χ3v) is 3.44. The first-order valence-electron chi connectivity index (χ1n) is 6.15. The molecule has 1 aliphatic rings. The van der Waals surface area contributed by atoms with Crippen molar-refractivity contribution in [1.82, 2.24) is 10.2 Å². The van der Waals surface area contributed by atoms with Gasteiger partial charge >= 0.3 is 0 Å². The van der Waals surface area contributed by atoms with Crippen molar-refractivity contribution in [2.45, 2.75) is 58.2 Å². The van der Waals surface area contributed by atoms with E-state index in [0.717, 1.165) is 32.4 Å². The molecule has 1 heterocycles. The Labute approximate surface area is 93.5 Å². The molecule has 0 aromatic rings. The first-order chi connectivity index (χ1) is 7.26. The summed E-state index contributed by atoms with van der Waals surface area (Å²) in [5.74, 6) is 0. The number of nitrogens with zero attached hydrogens (tertiary/aromatic N) is 2. The van der Waals surface area contributed by atoms with Gasteiger partial charge in [-0.15, -0.1) is 0 Å².